The molecule has 0 heterocycles. The van der Waals surface area contributed by atoms with Crippen LogP contribution in [0.15, 0.2) is 12.1 Å². The number of aliphatic hydroxyl groups excluding tert-OH is 1. The number of quaternary nitrogens is 1. The molecule has 0 saturated heterocycles. The fourth-order valence-electron chi connectivity index (χ4n) is 1.63. The molecular formula is C14H22ClN2O4+. The van der Waals surface area contributed by atoms with E-state index in [4.69, 9.17) is 26.8 Å². The largest absolute Gasteiger partial charge is 0.493 e. The van der Waals surface area contributed by atoms with Crippen molar-refractivity contribution in [2.75, 3.05) is 20.3 Å². The number of methoxy groups -OCH3 is 1. The molecule has 0 aliphatic heterocycles. The number of aliphatic hydroxyl groups is 1. The van der Waals surface area contributed by atoms with Crippen molar-refractivity contribution in [3.8, 4) is 11.5 Å². The third-order valence-corrected chi connectivity index (χ3v) is 3.23. The highest BCUT2D eigenvalue weighted by atomic mass is 35.5. The summed E-state index contributed by atoms with van der Waals surface area (Å²) in [6.45, 7) is 4.31. The lowest BCUT2D eigenvalue weighted by Gasteiger charge is -2.20. The number of ether oxygens (including phenoxy) is 2. The van der Waals surface area contributed by atoms with Crippen molar-refractivity contribution in [3.05, 3.63) is 22.7 Å². The number of primary amides is 1. The standard InChI is InChI=1S/C14H21ClN2O4/c1-14(2,8-18)17-6-9-4-10(15)13(11(5-9)20-3)21-7-12(16)19/h4-5,17-18H,6-8H2,1-3H3,(H2,16,19)/p+1. The van der Waals surface area contributed by atoms with Gasteiger partial charge in [0.25, 0.3) is 5.91 Å². The molecule has 0 aromatic heterocycles. The van der Waals surface area contributed by atoms with Gasteiger partial charge in [-0.25, -0.2) is 0 Å². The van der Waals surface area contributed by atoms with E-state index in [9.17, 15) is 9.90 Å². The van der Waals surface area contributed by atoms with Crippen LogP contribution >= 0.6 is 11.6 Å². The highest BCUT2D eigenvalue weighted by Gasteiger charge is 2.20. The minimum Gasteiger partial charge on any atom is -0.493 e. The van der Waals surface area contributed by atoms with E-state index in [0.29, 0.717) is 23.1 Å². The number of amides is 1. The van der Waals surface area contributed by atoms with Crippen molar-refractivity contribution in [3.63, 3.8) is 0 Å². The highest BCUT2D eigenvalue weighted by Crippen LogP contribution is 2.36. The van der Waals surface area contributed by atoms with Crippen molar-refractivity contribution < 1.29 is 24.7 Å². The maximum Gasteiger partial charge on any atom is 0.255 e. The first-order chi connectivity index (χ1) is 9.79. The fraction of sp³-hybridized carbons (Fsp3) is 0.500. The Morgan fingerprint density at radius 3 is 2.67 bits per heavy atom. The Hall–Kier alpha value is -1.50. The van der Waals surface area contributed by atoms with Crippen molar-refractivity contribution in [1.29, 1.82) is 0 Å². The van der Waals surface area contributed by atoms with E-state index in [-0.39, 0.29) is 18.8 Å². The second-order valence-electron chi connectivity index (χ2n) is 5.42. The second kappa shape index (κ2) is 7.49. The molecular weight excluding hydrogens is 296 g/mol. The zero-order valence-corrected chi connectivity index (χ0v) is 13.2. The molecule has 7 heteroatoms. The van der Waals surface area contributed by atoms with E-state index in [1.807, 2.05) is 19.2 Å². The van der Waals surface area contributed by atoms with Crippen molar-refractivity contribution in [2.45, 2.75) is 25.9 Å². The maximum absolute atomic E-state index is 10.8. The lowest BCUT2D eigenvalue weighted by Crippen LogP contribution is -2.95. The van der Waals surface area contributed by atoms with Crippen LogP contribution < -0.4 is 20.5 Å². The maximum atomic E-state index is 10.8. The van der Waals surface area contributed by atoms with Crippen LogP contribution in [-0.4, -0.2) is 36.9 Å². The third kappa shape index (κ3) is 5.41. The van der Waals surface area contributed by atoms with Gasteiger partial charge in [0.05, 0.1) is 18.7 Å². The summed E-state index contributed by atoms with van der Waals surface area (Å²) in [6.07, 6.45) is 0. The molecule has 0 fully saturated rings. The Bertz CT molecular complexity index is 506. The van der Waals surface area contributed by atoms with Crippen LogP contribution in [0.1, 0.15) is 19.4 Å². The Kier molecular flexibility index (Phi) is 6.26. The molecule has 0 unspecified atom stereocenters. The van der Waals surface area contributed by atoms with Crippen LogP contribution in [-0.2, 0) is 11.3 Å². The van der Waals surface area contributed by atoms with Crippen LogP contribution in [0.5, 0.6) is 11.5 Å². The SMILES string of the molecule is COc1cc(C[NH2+]C(C)(C)CO)cc(Cl)c1OCC(N)=O. The van der Waals surface area contributed by atoms with E-state index < -0.39 is 5.91 Å². The molecule has 0 saturated carbocycles. The van der Waals surface area contributed by atoms with E-state index >= 15 is 0 Å². The van der Waals surface area contributed by atoms with Gasteiger partial charge < -0.3 is 25.6 Å². The van der Waals surface area contributed by atoms with Gasteiger partial charge >= 0.3 is 0 Å². The number of benzene rings is 1. The first-order valence-electron chi connectivity index (χ1n) is 6.52. The summed E-state index contributed by atoms with van der Waals surface area (Å²) >= 11 is 6.16. The fourth-order valence-corrected chi connectivity index (χ4v) is 1.92. The predicted octanol–water partition coefficient (Wildman–Crippen LogP) is 0.0470. The van der Waals surface area contributed by atoms with E-state index in [2.05, 4.69) is 0 Å². The monoisotopic (exact) mass is 317 g/mol. The summed E-state index contributed by atoms with van der Waals surface area (Å²) in [7, 11) is 1.49. The summed E-state index contributed by atoms with van der Waals surface area (Å²) < 4.78 is 10.5. The second-order valence-corrected chi connectivity index (χ2v) is 5.83. The van der Waals surface area contributed by atoms with Crippen LogP contribution in [0.2, 0.25) is 5.02 Å². The molecule has 0 aliphatic rings. The molecule has 21 heavy (non-hydrogen) atoms. The lowest BCUT2D eigenvalue weighted by molar-refractivity contribution is -0.736. The van der Waals surface area contributed by atoms with Crippen LogP contribution in [0.3, 0.4) is 0 Å². The first kappa shape index (κ1) is 17.6. The molecule has 0 spiro atoms. The van der Waals surface area contributed by atoms with Gasteiger partial charge in [-0.2, -0.15) is 0 Å². The number of nitrogens with two attached hydrogens (primary N) is 2. The number of hydrogen-bond donors (Lipinski definition) is 3. The van der Waals surface area contributed by atoms with Gasteiger partial charge in [-0.1, -0.05) is 11.6 Å². The van der Waals surface area contributed by atoms with Gasteiger partial charge in [0.1, 0.15) is 12.1 Å². The average molecular weight is 318 g/mol. The van der Waals surface area contributed by atoms with Crippen LogP contribution in [0, 0.1) is 0 Å². The Balaban J connectivity index is 2.90. The topological polar surface area (TPSA) is 98.4 Å². The highest BCUT2D eigenvalue weighted by molar-refractivity contribution is 6.32. The van der Waals surface area contributed by atoms with Gasteiger partial charge in [-0.15, -0.1) is 0 Å². The average Bonchev–Trinajstić information content (AvgIpc) is 2.43. The summed E-state index contributed by atoms with van der Waals surface area (Å²) in [5, 5.41) is 11.6. The van der Waals surface area contributed by atoms with Crippen LogP contribution in [0.4, 0.5) is 0 Å². The van der Waals surface area contributed by atoms with Gasteiger partial charge in [0, 0.05) is 5.56 Å². The van der Waals surface area contributed by atoms with Gasteiger partial charge in [-0.05, 0) is 26.0 Å². The Labute approximate surface area is 129 Å². The molecule has 0 bridgehead atoms. The molecule has 6 nitrogen and oxygen atoms in total. The number of hydrogen-bond acceptors (Lipinski definition) is 4. The Morgan fingerprint density at radius 1 is 1.48 bits per heavy atom. The van der Waals surface area contributed by atoms with E-state index in [1.54, 1.807) is 12.1 Å². The molecule has 1 rings (SSSR count). The minimum atomic E-state index is -0.588. The Morgan fingerprint density at radius 2 is 2.14 bits per heavy atom. The number of rotatable bonds is 8. The molecule has 118 valence electrons. The number of carbonyl (C=O) groups excluding carboxylic acids is 1. The third-order valence-electron chi connectivity index (χ3n) is 2.95. The zero-order chi connectivity index (χ0) is 16.0. The summed E-state index contributed by atoms with van der Waals surface area (Å²) in [6, 6.07) is 3.52. The predicted molar refractivity (Wildman–Crippen MR) is 79.5 cm³/mol. The van der Waals surface area contributed by atoms with E-state index in [1.165, 1.54) is 7.11 Å². The summed E-state index contributed by atoms with van der Waals surface area (Å²) in [5.41, 5.74) is 5.69. The normalized spacial score (nSPS) is 11.3. The molecule has 5 N–H and O–H groups in total. The van der Waals surface area contributed by atoms with Crippen molar-refractivity contribution in [1.82, 2.24) is 0 Å². The van der Waals surface area contributed by atoms with Gasteiger partial charge in [0.15, 0.2) is 18.1 Å². The van der Waals surface area contributed by atoms with Gasteiger partial charge in [-0.3, -0.25) is 4.79 Å². The minimum absolute atomic E-state index is 0.0671. The molecule has 1 aromatic carbocycles. The molecule has 1 aromatic rings. The zero-order valence-electron chi connectivity index (χ0n) is 12.5. The molecule has 0 atom stereocenters. The van der Waals surface area contributed by atoms with Crippen molar-refractivity contribution >= 4 is 17.5 Å². The van der Waals surface area contributed by atoms with Crippen molar-refractivity contribution in [2.24, 2.45) is 5.73 Å². The molecule has 0 radical (unpaired) electrons. The number of carbonyl (C=O) groups is 1. The van der Waals surface area contributed by atoms with Gasteiger partial charge in [0.2, 0.25) is 0 Å². The van der Waals surface area contributed by atoms with Crippen LogP contribution in [0.25, 0.3) is 0 Å². The lowest BCUT2D eigenvalue weighted by atomic mass is 10.1. The summed E-state index contributed by atoms with van der Waals surface area (Å²) in [5.74, 6) is 0.146. The molecule has 1 amide bonds. The van der Waals surface area contributed by atoms with E-state index in [0.717, 1.165) is 5.56 Å². The quantitative estimate of drug-likeness (QED) is 0.631. The summed E-state index contributed by atoms with van der Waals surface area (Å²) in [4.78, 5) is 10.8. The number of halogens is 1. The molecule has 0 aliphatic carbocycles. The smallest absolute Gasteiger partial charge is 0.255 e. The first-order valence-corrected chi connectivity index (χ1v) is 6.89.